The molecule has 23 heavy (non-hydrogen) atoms. The van der Waals surface area contributed by atoms with Crippen molar-refractivity contribution in [3.8, 4) is 5.69 Å². The van der Waals surface area contributed by atoms with Gasteiger partial charge in [-0.2, -0.15) is 0 Å². The summed E-state index contributed by atoms with van der Waals surface area (Å²) < 4.78 is 1.98. The fraction of sp³-hybridized carbons (Fsp3) is 0.312. The summed E-state index contributed by atoms with van der Waals surface area (Å²) in [6, 6.07) is 8.03. The van der Waals surface area contributed by atoms with E-state index in [1.54, 1.807) is 6.20 Å². The Morgan fingerprint density at radius 3 is 2.70 bits per heavy atom. The molecule has 0 radical (unpaired) electrons. The summed E-state index contributed by atoms with van der Waals surface area (Å²) in [4.78, 5) is 26.9. The first-order chi connectivity index (χ1) is 11.1. The second kappa shape index (κ2) is 8.38. The number of imidazole rings is 1. The lowest BCUT2D eigenvalue weighted by Crippen LogP contribution is -2.34. The SMILES string of the molecule is CC(=O)NCCNC(=O)CSc1nccn1-c1ccccc1C. The first-order valence-electron chi connectivity index (χ1n) is 7.31. The Morgan fingerprint density at radius 1 is 1.22 bits per heavy atom. The molecule has 1 aromatic carbocycles. The van der Waals surface area contributed by atoms with Crippen molar-refractivity contribution in [2.24, 2.45) is 0 Å². The lowest BCUT2D eigenvalue weighted by atomic mass is 10.2. The average Bonchev–Trinajstić information content (AvgIpc) is 2.98. The lowest BCUT2D eigenvalue weighted by molar-refractivity contribution is -0.120. The quantitative estimate of drug-likeness (QED) is 0.595. The van der Waals surface area contributed by atoms with Gasteiger partial charge in [-0.3, -0.25) is 14.2 Å². The molecule has 122 valence electrons. The second-order valence-corrected chi connectivity index (χ2v) is 5.93. The van der Waals surface area contributed by atoms with E-state index < -0.39 is 0 Å². The number of hydrogen-bond donors (Lipinski definition) is 2. The molecule has 0 aliphatic heterocycles. The summed E-state index contributed by atoms with van der Waals surface area (Å²) in [6.45, 7) is 4.34. The molecule has 0 bridgehead atoms. The van der Waals surface area contributed by atoms with Crippen LogP contribution in [-0.2, 0) is 9.59 Å². The summed E-state index contributed by atoms with van der Waals surface area (Å²) in [5.41, 5.74) is 2.20. The van der Waals surface area contributed by atoms with Crippen molar-refractivity contribution in [3.05, 3.63) is 42.2 Å². The van der Waals surface area contributed by atoms with Gasteiger partial charge in [-0.25, -0.2) is 4.98 Å². The van der Waals surface area contributed by atoms with Crippen molar-refractivity contribution in [2.45, 2.75) is 19.0 Å². The number of aryl methyl sites for hydroxylation is 1. The summed E-state index contributed by atoms with van der Waals surface area (Å²) in [5.74, 6) is 0.0942. The van der Waals surface area contributed by atoms with Gasteiger partial charge in [-0.05, 0) is 18.6 Å². The van der Waals surface area contributed by atoms with Crippen molar-refractivity contribution in [1.82, 2.24) is 20.2 Å². The third-order valence-electron chi connectivity index (χ3n) is 3.14. The molecular weight excluding hydrogens is 312 g/mol. The lowest BCUT2D eigenvalue weighted by Gasteiger charge is -2.10. The smallest absolute Gasteiger partial charge is 0.230 e. The first kappa shape index (κ1) is 17.1. The minimum absolute atomic E-state index is 0.0836. The maximum atomic E-state index is 11.8. The average molecular weight is 332 g/mol. The van der Waals surface area contributed by atoms with Gasteiger partial charge in [0.1, 0.15) is 0 Å². The molecule has 0 aliphatic carbocycles. The van der Waals surface area contributed by atoms with E-state index in [4.69, 9.17) is 0 Å². The van der Waals surface area contributed by atoms with E-state index in [0.29, 0.717) is 13.1 Å². The molecule has 0 unspecified atom stereocenters. The minimum Gasteiger partial charge on any atom is -0.355 e. The first-order valence-corrected chi connectivity index (χ1v) is 8.30. The zero-order chi connectivity index (χ0) is 16.7. The van der Waals surface area contributed by atoms with Gasteiger partial charge < -0.3 is 10.6 Å². The van der Waals surface area contributed by atoms with Crippen LogP contribution in [0.5, 0.6) is 0 Å². The van der Waals surface area contributed by atoms with Crippen LogP contribution in [0.15, 0.2) is 41.8 Å². The number of rotatable bonds is 7. The molecule has 2 N–H and O–H groups in total. The van der Waals surface area contributed by atoms with Gasteiger partial charge in [-0.15, -0.1) is 0 Å². The number of carbonyl (C=O) groups excluding carboxylic acids is 2. The number of benzene rings is 1. The predicted octanol–water partition coefficient (Wildman–Crippen LogP) is 1.53. The van der Waals surface area contributed by atoms with E-state index in [0.717, 1.165) is 16.4 Å². The molecule has 1 heterocycles. The summed E-state index contributed by atoms with van der Waals surface area (Å²) >= 11 is 1.38. The summed E-state index contributed by atoms with van der Waals surface area (Å²) in [5, 5.41) is 6.16. The summed E-state index contributed by atoms with van der Waals surface area (Å²) in [7, 11) is 0. The van der Waals surface area contributed by atoms with Crippen molar-refractivity contribution >= 4 is 23.6 Å². The molecule has 2 rings (SSSR count). The zero-order valence-electron chi connectivity index (χ0n) is 13.2. The molecule has 1 aromatic heterocycles. The van der Waals surface area contributed by atoms with Gasteiger partial charge >= 0.3 is 0 Å². The maximum Gasteiger partial charge on any atom is 0.230 e. The van der Waals surface area contributed by atoms with Crippen molar-refractivity contribution < 1.29 is 9.59 Å². The van der Waals surface area contributed by atoms with Crippen molar-refractivity contribution in [2.75, 3.05) is 18.8 Å². The minimum atomic E-state index is -0.103. The molecule has 0 atom stereocenters. The Kier molecular flexibility index (Phi) is 6.22. The number of para-hydroxylation sites is 1. The number of nitrogens with zero attached hydrogens (tertiary/aromatic N) is 2. The van der Waals surface area contributed by atoms with Crippen LogP contribution >= 0.6 is 11.8 Å². The zero-order valence-corrected chi connectivity index (χ0v) is 14.0. The van der Waals surface area contributed by atoms with E-state index in [1.165, 1.54) is 18.7 Å². The third kappa shape index (κ3) is 5.14. The highest BCUT2D eigenvalue weighted by molar-refractivity contribution is 7.99. The van der Waals surface area contributed by atoms with Crippen LogP contribution in [-0.4, -0.2) is 40.2 Å². The van der Waals surface area contributed by atoms with Crippen molar-refractivity contribution in [1.29, 1.82) is 0 Å². The van der Waals surface area contributed by atoms with E-state index in [9.17, 15) is 9.59 Å². The number of carbonyl (C=O) groups is 2. The van der Waals surface area contributed by atoms with Crippen LogP contribution < -0.4 is 10.6 Å². The molecule has 0 saturated heterocycles. The predicted molar refractivity (Wildman–Crippen MR) is 90.7 cm³/mol. The van der Waals surface area contributed by atoms with Gasteiger partial charge in [0.15, 0.2) is 5.16 Å². The molecule has 0 fully saturated rings. The van der Waals surface area contributed by atoms with Gasteiger partial charge in [-0.1, -0.05) is 30.0 Å². The fourth-order valence-electron chi connectivity index (χ4n) is 2.04. The number of hydrogen-bond acceptors (Lipinski definition) is 4. The van der Waals surface area contributed by atoms with Crippen LogP contribution in [0.2, 0.25) is 0 Å². The van der Waals surface area contributed by atoms with Crippen LogP contribution in [0.25, 0.3) is 5.69 Å². The standard InChI is InChI=1S/C16H20N4O2S/c1-12-5-3-4-6-14(12)20-10-9-19-16(20)23-11-15(22)18-8-7-17-13(2)21/h3-6,9-10H,7-8,11H2,1-2H3,(H,17,21)(H,18,22). The Labute approximate surface area is 139 Å². The van der Waals surface area contributed by atoms with E-state index >= 15 is 0 Å². The largest absolute Gasteiger partial charge is 0.355 e. The molecular formula is C16H20N4O2S. The molecule has 0 saturated carbocycles. The van der Waals surface area contributed by atoms with Crippen molar-refractivity contribution in [3.63, 3.8) is 0 Å². The molecule has 2 amide bonds. The topological polar surface area (TPSA) is 76.0 Å². The monoisotopic (exact) mass is 332 g/mol. The highest BCUT2D eigenvalue weighted by Gasteiger charge is 2.10. The van der Waals surface area contributed by atoms with Gasteiger partial charge in [0.05, 0.1) is 11.4 Å². The van der Waals surface area contributed by atoms with Crippen LogP contribution in [0.1, 0.15) is 12.5 Å². The molecule has 6 nitrogen and oxygen atoms in total. The van der Waals surface area contributed by atoms with E-state index in [2.05, 4.69) is 15.6 Å². The highest BCUT2D eigenvalue weighted by Crippen LogP contribution is 2.22. The molecule has 0 spiro atoms. The summed E-state index contributed by atoms with van der Waals surface area (Å²) in [6.07, 6.45) is 3.61. The van der Waals surface area contributed by atoms with Gasteiger partial charge in [0.2, 0.25) is 11.8 Å². The van der Waals surface area contributed by atoms with E-state index in [1.807, 2.05) is 42.0 Å². The van der Waals surface area contributed by atoms with Crippen LogP contribution in [0, 0.1) is 6.92 Å². The second-order valence-electron chi connectivity index (χ2n) is 4.99. The van der Waals surface area contributed by atoms with Gasteiger partial charge in [0, 0.05) is 32.4 Å². The number of aromatic nitrogens is 2. The van der Waals surface area contributed by atoms with Crippen LogP contribution in [0.3, 0.4) is 0 Å². The third-order valence-corrected chi connectivity index (χ3v) is 4.10. The Morgan fingerprint density at radius 2 is 1.96 bits per heavy atom. The fourth-order valence-corrected chi connectivity index (χ4v) is 2.83. The highest BCUT2D eigenvalue weighted by atomic mass is 32.2. The Hall–Kier alpha value is -2.28. The maximum absolute atomic E-state index is 11.8. The van der Waals surface area contributed by atoms with Crippen LogP contribution in [0.4, 0.5) is 0 Å². The van der Waals surface area contributed by atoms with Gasteiger partial charge in [0.25, 0.3) is 0 Å². The Bertz CT molecular complexity index is 684. The number of amides is 2. The molecule has 7 heteroatoms. The molecule has 0 aliphatic rings. The molecule has 2 aromatic rings. The Balaban J connectivity index is 1.88. The normalized spacial score (nSPS) is 10.3. The van der Waals surface area contributed by atoms with E-state index in [-0.39, 0.29) is 17.6 Å². The number of nitrogens with one attached hydrogen (secondary N) is 2. The number of thioether (sulfide) groups is 1.